The molecule has 0 amide bonds. The van der Waals surface area contributed by atoms with Gasteiger partial charge in [0.05, 0.1) is 10.6 Å². The second kappa shape index (κ2) is 7.02. The molecule has 112 valence electrons. The molecule has 1 atom stereocenters. The van der Waals surface area contributed by atoms with Gasteiger partial charge in [-0.05, 0) is 24.7 Å². The van der Waals surface area contributed by atoms with Gasteiger partial charge in [-0.3, -0.25) is 0 Å². The van der Waals surface area contributed by atoms with Crippen LogP contribution < -0.4 is 0 Å². The van der Waals surface area contributed by atoms with Crippen molar-refractivity contribution < 1.29 is 9.90 Å². The standard InChI is InChI=1S/C15H17ClN2O2S/c1-10(14-17-6-7-21-14)8-18(2)9-12-11(15(19)20)4-3-5-13(12)16/h3-7,10H,8-9H2,1-2H3,(H,19,20). The molecule has 1 aromatic heterocycles. The molecule has 0 saturated heterocycles. The van der Waals surface area contributed by atoms with Crippen molar-refractivity contribution in [1.29, 1.82) is 0 Å². The summed E-state index contributed by atoms with van der Waals surface area (Å²) in [5.74, 6) is -0.653. The minimum atomic E-state index is -0.950. The molecule has 1 unspecified atom stereocenters. The molecule has 0 aliphatic heterocycles. The molecule has 0 spiro atoms. The van der Waals surface area contributed by atoms with Gasteiger partial charge in [-0.25, -0.2) is 9.78 Å². The Balaban J connectivity index is 2.09. The van der Waals surface area contributed by atoms with Crippen LogP contribution in [0.3, 0.4) is 0 Å². The van der Waals surface area contributed by atoms with E-state index in [1.165, 1.54) is 0 Å². The predicted molar refractivity (Wildman–Crippen MR) is 85.3 cm³/mol. The number of halogens is 1. The van der Waals surface area contributed by atoms with Crippen molar-refractivity contribution in [3.05, 3.63) is 50.9 Å². The lowest BCUT2D eigenvalue weighted by molar-refractivity contribution is 0.0694. The number of rotatable bonds is 6. The third-order valence-electron chi connectivity index (χ3n) is 3.24. The summed E-state index contributed by atoms with van der Waals surface area (Å²) in [6, 6.07) is 4.97. The Morgan fingerprint density at radius 2 is 2.29 bits per heavy atom. The van der Waals surface area contributed by atoms with Crippen LogP contribution in [0.5, 0.6) is 0 Å². The molecule has 0 aliphatic carbocycles. The van der Waals surface area contributed by atoms with Gasteiger partial charge in [0.25, 0.3) is 0 Å². The topological polar surface area (TPSA) is 53.4 Å². The van der Waals surface area contributed by atoms with Crippen LogP contribution in [0.4, 0.5) is 0 Å². The molecule has 2 rings (SSSR count). The van der Waals surface area contributed by atoms with Crippen molar-refractivity contribution in [2.75, 3.05) is 13.6 Å². The zero-order chi connectivity index (χ0) is 15.4. The largest absolute Gasteiger partial charge is 0.478 e. The van der Waals surface area contributed by atoms with Gasteiger partial charge in [-0.1, -0.05) is 24.6 Å². The summed E-state index contributed by atoms with van der Waals surface area (Å²) < 4.78 is 0. The van der Waals surface area contributed by atoms with E-state index in [1.807, 2.05) is 12.4 Å². The van der Waals surface area contributed by atoms with Crippen LogP contribution in [0, 0.1) is 0 Å². The van der Waals surface area contributed by atoms with E-state index in [0.717, 1.165) is 11.6 Å². The normalized spacial score (nSPS) is 12.6. The van der Waals surface area contributed by atoms with Crippen LogP contribution in [0.25, 0.3) is 0 Å². The molecule has 4 nitrogen and oxygen atoms in total. The number of carbonyl (C=O) groups is 1. The predicted octanol–water partition coefficient (Wildman–Crippen LogP) is 3.73. The molecule has 0 aliphatic rings. The van der Waals surface area contributed by atoms with Crippen molar-refractivity contribution >= 4 is 28.9 Å². The Kier molecular flexibility index (Phi) is 5.33. The van der Waals surface area contributed by atoms with E-state index in [4.69, 9.17) is 11.6 Å². The van der Waals surface area contributed by atoms with Gasteiger partial charge in [0, 0.05) is 35.6 Å². The minimum Gasteiger partial charge on any atom is -0.478 e. The van der Waals surface area contributed by atoms with E-state index in [1.54, 1.807) is 35.7 Å². The van der Waals surface area contributed by atoms with E-state index in [0.29, 0.717) is 23.0 Å². The van der Waals surface area contributed by atoms with E-state index in [-0.39, 0.29) is 5.56 Å². The fraction of sp³-hybridized carbons (Fsp3) is 0.333. The number of hydrogen-bond acceptors (Lipinski definition) is 4. The Morgan fingerprint density at radius 3 is 2.90 bits per heavy atom. The Morgan fingerprint density at radius 1 is 1.52 bits per heavy atom. The molecule has 1 N–H and O–H groups in total. The summed E-state index contributed by atoms with van der Waals surface area (Å²) in [6.45, 7) is 3.40. The molecule has 1 aromatic carbocycles. The molecule has 2 aromatic rings. The smallest absolute Gasteiger partial charge is 0.336 e. The number of nitrogens with zero attached hydrogens (tertiary/aromatic N) is 2. The van der Waals surface area contributed by atoms with Crippen LogP contribution in [-0.4, -0.2) is 34.6 Å². The summed E-state index contributed by atoms with van der Waals surface area (Å²) >= 11 is 7.79. The summed E-state index contributed by atoms with van der Waals surface area (Å²) in [7, 11) is 1.96. The number of benzene rings is 1. The highest BCUT2D eigenvalue weighted by atomic mass is 35.5. The Labute approximate surface area is 133 Å². The van der Waals surface area contributed by atoms with Crippen molar-refractivity contribution in [3.63, 3.8) is 0 Å². The first kappa shape index (κ1) is 15.9. The van der Waals surface area contributed by atoms with Gasteiger partial charge >= 0.3 is 5.97 Å². The van der Waals surface area contributed by atoms with E-state index in [9.17, 15) is 9.90 Å². The molecule has 0 bridgehead atoms. The number of hydrogen-bond donors (Lipinski definition) is 1. The molecule has 0 radical (unpaired) electrons. The van der Waals surface area contributed by atoms with Crippen molar-refractivity contribution in [1.82, 2.24) is 9.88 Å². The van der Waals surface area contributed by atoms with Gasteiger partial charge in [0.2, 0.25) is 0 Å². The van der Waals surface area contributed by atoms with Crippen molar-refractivity contribution in [2.45, 2.75) is 19.4 Å². The minimum absolute atomic E-state index is 0.260. The van der Waals surface area contributed by atoms with Gasteiger partial charge in [0.15, 0.2) is 0 Å². The number of carboxylic acids is 1. The molecule has 0 saturated carbocycles. The number of aromatic carboxylic acids is 1. The first-order chi connectivity index (χ1) is 9.99. The third kappa shape index (κ3) is 4.03. The monoisotopic (exact) mass is 324 g/mol. The van der Waals surface area contributed by atoms with Crippen LogP contribution in [0.2, 0.25) is 5.02 Å². The summed E-state index contributed by atoms with van der Waals surface area (Å²) in [5, 5.41) is 12.8. The van der Waals surface area contributed by atoms with E-state index >= 15 is 0 Å². The average molecular weight is 325 g/mol. The molecular weight excluding hydrogens is 308 g/mol. The quantitative estimate of drug-likeness (QED) is 0.879. The van der Waals surface area contributed by atoms with Crippen molar-refractivity contribution in [3.8, 4) is 0 Å². The Hall–Kier alpha value is -1.43. The molecule has 0 fully saturated rings. The summed E-state index contributed by atoms with van der Waals surface area (Å²) in [6.07, 6.45) is 1.80. The molecule has 6 heteroatoms. The number of likely N-dealkylation sites (N-methyl/N-ethyl adjacent to an activating group) is 1. The van der Waals surface area contributed by atoms with Gasteiger partial charge in [-0.15, -0.1) is 11.3 Å². The summed E-state index contributed by atoms with van der Waals surface area (Å²) in [5.41, 5.74) is 0.914. The second-order valence-corrected chi connectivity index (χ2v) is 6.37. The lowest BCUT2D eigenvalue weighted by atomic mass is 10.1. The van der Waals surface area contributed by atoms with Gasteiger partial charge in [-0.2, -0.15) is 0 Å². The maximum Gasteiger partial charge on any atom is 0.336 e. The van der Waals surface area contributed by atoms with Crippen LogP contribution >= 0.6 is 22.9 Å². The number of aromatic nitrogens is 1. The lowest BCUT2D eigenvalue weighted by Crippen LogP contribution is -2.24. The van der Waals surface area contributed by atoms with Gasteiger partial charge < -0.3 is 10.0 Å². The highest BCUT2D eigenvalue weighted by molar-refractivity contribution is 7.09. The fourth-order valence-corrected chi connectivity index (χ4v) is 3.20. The molecular formula is C15H17ClN2O2S. The van der Waals surface area contributed by atoms with Crippen molar-refractivity contribution in [2.24, 2.45) is 0 Å². The highest BCUT2D eigenvalue weighted by Gasteiger charge is 2.17. The zero-order valence-electron chi connectivity index (χ0n) is 11.9. The van der Waals surface area contributed by atoms with Crippen LogP contribution in [0.1, 0.15) is 33.8 Å². The molecule has 21 heavy (non-hydrogen) atoms. The van der Waals surface area contributed by atoms with Crippen LogP contribution in [-0.2, 0) is 6.54 Å². The SMILES string of the molecule is CC(CN(C)Cc1c(Cl)cccc1C(=O)O)c1nccs1. The number of thiazole rings is 1. The third-order valence-corrected chi connectivity index (χ3v) is 4.60. The second-order valence-electron chi connectivity index (χ2n) is 5.04. The lowest BCUT2D eigenvalue weighted by Gasteiger charge is -2.21. The maximum atomic E-state index is 11.3. The zero-order valence-corrected chi connectivity index (χ0v) is 13.5. The average Bonchev–Trinajstić information content (AvgIpc) is 2.94. The first-order valence-corrected chi connectivity index (χ1v) is 7.83. The summed E-state index contributed by atoms with van der Waals surface area (Å²) in [4.78, 5) is 17.7. The van der Waals surface area contributed by atoms with Crippen LogP contribution in [0.15, 0.2) is 29.8 Å². The fourth-order valence-electron chi connectivity index (χ4n) is 2.28. The highest BCUT2D eigenvalue weighted by Crippen LogP contribution is 2.24. The Bertz CT molecular complexity index is 616. The van der Waals surface area contributed by atoms with Gasteiger partial charge in [0.1, 0.15) is 0 Å². The van der Waals surface area contributed by atoms with E-state index < -0.39 is 5.97 Å². The number of carboxylic acid groups (broad SMARTS) is 1. The first-order valence-electron chi connectivity index (χ1n) is 6.57. The maximum absolute atomic E-state index is 11.3. The van der Waals surface area contributed by atoms with E-state index in [2.05, 4.69) is 16.8 Å². The molecule has 1 heterocycles.